The van der Waals surface area contributed by atoms with E-state index in [1.54, 1.807) is 0 Å². The van der Waals surface area contributed by atoms with E-state index in [-0.39, 0.29) is 16.1 Å². The Bertz CT molecular complexity index is 671. The number of aromatic carboxylic acids is 1. The largest absolute Gasteiger partial charge is 0.478 e. The zero-order chi connectivity index (χ0) is 14.7. The summed E-state index contributed by atoms with van der Waals surface area (Å²) in [5.74, 6) is -2.08. The van der Waals surface area contributed by atoms with Crippen LogP contribution in [0.3, 0.4) is 0 Å². The Morgan fingerprint density at radius 3 is 2.30 bits per heavy atom. The minimum atomic E-state index is -1.05. The van der Waals surface area contributed by atoms with Crippen molar-refractivity contribution in [2.75, 3.05) is 5.32 Å². The van der Waals surface area contributed by atoms with E-state index in [4.69, 9.17) is 16.7 Å². The number of hydrogen-bond acceptors (Lipinski definition) is 2. The lowest BCUT2D eigenvalue weighted by Crippen LogP contribution is -2.12. The number of amides is 1. The van der Waals surface area contributed by atoms with Crippen LogP contribution in [0.25, 0.3) is 0 Å². The number of carbonyl (C=O) groups is 2. The standard InChI is InChI=1S/C14H9ClFNO3/c15-12-7-9(16)3-6-11(12)13(18)17-10-4-1-8(2-5-10)14(19)20/h1-7H,(H,17,18)(H,19,20). The first-order valence-corrected chi connectivity index (χ1v) is 5.95. The topological polar surface area (TPSA) is 66.4 Å². The molecule has 2 aromatic rings. The van der Waals surface area contributed by atoms with Crippen LogP contribution >= 0.6 is 11.6 Å². The highest BCUT2D eigenvalue weighted by Gasteiger charge is 2.11. The van der Waals surface area contributed by atoms with E-state index < -0.39 is 17.7 Å². The first kappa shape index (κ1) is 14.0. The second-order valence-corrected chi connectivity index (χ2v) is 4.37. The van der Waals surface area contributed by atoms with Gasteiger partial charge < -0.3 is 10.4 Å². The molecule has 0 saturated heterocycles. The molecule has 0 bridgehead atoms. The third-order valence-corrected chi connectivity index (χ3v) is 2.88. The summed E-state index contributed by atoms with van der Waals surface area (Å²) in [4.78, 5) is 22.6. The molecule has 0 aliphatic heterocycles. The molecule has 20 heavy (non-hydrogen) atoms. The molecule has 4 nitrogen and oxygen atoms in total. The van der Waals surface area contributed by atoms with Gasteiger partial charge in [0.1, 0.15) is 5.82 Å². The van der Waals surface area contributed by atoms with E-state index in [0.29, 0.717) is 5.69 Å². The molecule has 0 atom stereocenters. The van der Waals surface area contributed by atoms with E-state index >= 15 is 0 Å². The van der Waals surface area contributed by atoms with Gasteiger partial charge in [-0.25, -0.2) is 9.18 Å². The smallest absolute Gasteiger partial charge is 0.335 e. The van der Waals surface area contributed by atoms with Crippen LogP contribution < -0.4 is 5.32 Å². The second-order valence-electron chi connectivity index (χ2n) is 3.96. The maximum absolute atomic E-state index is 12.9. The molecule has 0 aromatic heterocycles. The van der Waals surface area contributed by atoms with Crippen LogP contribution in [-0.2, 0) is 0 Å². The van der Waals surface area contributed by atoms with Crippen molar-refractivity contribution in [3.05, 3.63) is 64.4 Å². The Morgan fingerprint density at radius 2 is 1.75 bits per heavy atom. The van der Waals surface area contributed by atoms with Gasteiger partial charge in [-0.15, -0.1) is 0 Å². The van der Waals surface area contributed by atoms with Gasteiger partial charge in [0.15, 0.2) is 0 Å². The Morgan fingerprint density at radius 1 is 1.10 bits per heavy atom. The molecule has 0 unspecified atom stereocenters. The van der Waals surface area contributed by atoms with Gasteiger partial charge in [0.25, 0.3) is 5.91 Å². The highest BCUT2D eigenvalue weighted by Crippen LogP contribution is 2.19. The van der Waals surface area contributed by atoms with Gasteiger partial charge in [0.05, 0.1) is 16.1 Å². The number of hydrogen-bond donors (Lipinski definition) is 2. The van der Waals surface area contributed by atoms with E-state index in [2.05, 4.69) is 5.32 Å². The van der Waals surface area contributed by atoms with Crippen LogP contribution in [0.1, 0.15) is 20.7 Å². The van der Waals surface area contributed by atoms with Crippen LogP contribution in [0, 0.1) is 5.82 Å². The minimum Gasteiger partial charge on any atom is -0.478 e. The van der Waals surface area contributed by atoms with Gasteiger partial charge in [-0.3, -0.25) is 4.79 Å². The predicted octanol–water partition coefficient (Wildman–Crippen LogP) is 3.43. The average molecular weight is 294 g/mol. The fourth-order valence-electron chi connectivity index (χ4n) is 1.57. The first-order valence-electron chi connectivity index (χ1n) is 5.57. The number of halogens is 2. The fraction of sp³-hybridized carbons (Fsp3) is 0. The maximum atomic E-state index is 12.9. The maximum Gasteiger partial charge on any atom is 0.335 e. The molecule has 0 heterocycles. The average Bonchev–Trinajstić information content (AvgIpc) is 2.39. The summed E-state index contributed by atoms with van der Waals surface area (Å²) in [5.41, 5.74) is 0.665. The molecule has 0 fully saturated rings. The lowest BCUT2D eigenvalue weighted by molar-refractivity contribution is 0.0696. The third-order valence-electron chi connectivity index (χ3n) is 2.57. The quantitative estimate of drug-likeness (QED) is 0.911. The highest BCUT2D eigenvalue weighted by molar-refractivity contribution is 6.34. The van der Waals surface area contributed by atoms with E-state index in [1.165, 1.54) is 30.3 Å². The van der Waals surface area contributed by atoms with Crippen LogP contribution in [0.5, 0.6) is 0 Å². The fourth-order valence-corrected chi connectivity index (χ4v) is 1.82. The highest BCUT2D eigenvalue weighted by atomic mass is 35.5. The molecular formula is C14H9ClFNO3. The number of nitrogens with one attached hydrogen (secondary N) is 1. The zero-order valence-electron chi connectivity index (χ0n) is 10.1. The summed E-state index contributed by atoms with van der Waals surface area (Å²) in [6, 6.07) is 9.10. The van der Waals surface area contributed by atoms with Crippen LogP contribution in [0.4, 0.5) is 10.1 Å². The Labute approximate surface area is 118 Å². The van der Waals surface area contributed by atoms with Crippen molar-refractivity contribution in [1.82, 2.24) is 0 Å². The van der Waals surface area contributed by atoms with Gasteiger partial charge >= 0.3 is 5.97 Å². The van der Waals surface area contributed by atoms with Crippen molar-refractivity contribution in [3.63, 3.8) is 0 Å². The molecule has 1 amide bonds. The van der Waals surface area contributed by atoms with E-state index in [0.717, 1.165) is 12.1 Å². The molecule has 0 saturated carbocycles. The molecule has 0 radical (unpaired) electrons. The van der Waals surface area contributed by atoms with Crippen molar-refractivity contribution >= 4 is 29.2 Å². The van der Waals surface area contributed by atoms with Crippen molar-refractivity contribution in [3.8, 4) is 0 Å². The zero-order valence-corrected chi connectivity index (χ0v) is 10.8. The van der Waals surface area contributed by atoms with Crippen molar-refractivity contribution in [2.24, 2.45) is 0 Å². The van der Waals surface area contributed by atoms with Crippen LogP contribution in [0.2, 0.25) is 5.02 Å². The summed E-state index contributed by atoms with van der Waals surface area (Å²) in [6.45, 7) is 0. The Hall–Kier alpha value is -2.40. The van der Waals surface area contributed by atoms with Gasteiger partial charge in [0, 0.05) is 5.69 Å². The monoisotopic (exact) mass is 293 g/mol. The molecule has 2 N–H and O–H groups in total. The molecule has 0 spiro atoms. The van der Waals surface area contributed by atoms with Crippen molar-refractivity contribution in [2.45, 2.75) is 0 Å². The summed E-state index contributed by atoms with van der Waals surface area (Å²) >= 11 is 5.78. The molecule has 6 heteroatoms. The number of rotatable bonds is 3. The minimum absolute atomic E-state index is 0.00431. The third kappa shape index (κ3) is 3.13. The lowest BCUT2D eigenvalue weighted by Gasteiger charge is -2.07. The molecule has 2 aromatic carbocycles. The van der Waals surface area contributed by atoms with Gasteiger partial charge in [-0.05, 0) is 42.5 Å². The Balaban J connectivity index is 2.17. The second kappa shape index (κ2) is 5.71. The molecule has 2 rings (SSSR count). The summed E-state index contributed by atoms with van der Waals surface area (Å²) in [5, 5.41) is 11.3. The van der Waals surface area contributed by atoms with Crippen molar-refractivity contribution in [1.29, 1.82) is 0 Å². The Kier molecular flexibility index (Phi) is 4.00. The normalized spacial score (nSPS) is 10.1. The number of benzene rings is 2. The van der Waals surface area contributed by atoms with Gasteiger partial charge in [-0.1, -0.05) is 11.6 Å². The van der Waals surface area contributed by atoms with E-state index in [9.17, 15) is 14.0 Å². The van der Waals surface area contributed by atoms with Crippen LogP contribution in [-0.4, -0.2) is 17.0 Å². The molecule has 0 aliphatic rings. The van der Waals surface area contributed by atoms with Crippen LogP contribution in [0.15, 0.2) is 42.5 Å². The summed E-state index contributed by atoms with van der Waals surface area (Å²) in [6.07, 6.45) is 0. The summed E-state index contributed by atoms with van der Waals surface area (Å²) in [7, 11) is 0. The lowest BCUT2D eigenvalue weighted by atomic mass is 10.2. The number of carbonyl (C=O) groups excluding carboxylic acids is 1. The van der Waals surface area contributed by atoms with Gasteiger partial charge in [-0.2, -0.15) is 0 Å². The number of carboxylic acid groups (broad SMARTS) is 1. The predicted molar refractivity (Wildman–Crippen MR) is 72.8 cm³/mol. The first-order chi connectivity index (χ1) is 9.47. The SMILES string of the molecule is O=C(O)c1ccc(NC(=O)c2ccc(F)cc2Cl)cc1. The molecule has 0 aliphatic carbocycles. The summed E-state index contributed by atoms with van der Waals surface area (Å²) < 4.78 is 12.9. The molecule has 102 valence electrons. The molecular weight excluding hydrogens is 285 g/mol. The number of anilines is 1. The van der Waals surface area contributed by atoms with E-state index in [1.807, 2.05) is 0 Å². The van der Waals surface area contributed by atoms with Crippen molar-refractivity contribution < 1.29 is 19.1 Å². The van der Waals surface area contributed by atoms with Gasteiger partial charge in [0.2, 0.25) is 0 Å². The number of carboxylic acids is 1.